The van der Waals surface area contributed by atoms with Crippen LogP contribution in [-0.2, 0) is 10.2 Å². The molecule has 1 aliphatic rings. The van der Waals surface area contributed by atoms with E-state index in [9.17, 15) is 0 Å². The Labute approximate surface area is 147 Å². The smallest absolute Gasteiger partial charge is 0.254 e. The molecule has 0 aliphatic carbocycles. The van der Waals surface area contributed by atoms with Crippen LogP contribution >= 0.6 is 0 Å². The van der Waals surface area contributed by atoms with Crippen molar-refractivity contribution >= 4 is 11.6 Å². The molecule has 1 fully saturated rings. The maximum atomic E-state index is 5.65. The zero-order valence-electron chi connectivity index (χ0n) is 14.7. The predicted octanol–water partition coefficient (Wildman–Crippen LogP) is 2.90. The summed E-state index contributed by atoms with van der Waals surface area (Å²) < 4.78 is 7.41. The molecule has 3 aromatic rings. The van der Waals surface area contributed by atoms with Crippen molar-refractivity contribution in [3.05, 3.63) is 53.5 Å². The first kappa shape index (κ1) is 16.0. The zero-order chi connectivity index (χ0) is 17.3. The Kier molecular flexibility index (Phi) is 4.13. The largest absolute Gasteiger partial charge is 0.381 e. The Morgan fingerprint density at radius 3 is 2.80 bits per heavy atom. The minimum Gasteiger partial charge on any atom is -0.381 e. The van der Waals surface area contributed by atoms with Crippen LogP contribution in [0.3, 0.4) is 0 Å². The molecule has 0 unspecified atom stereocenters. The number of nitrogens with one attached hydrogen (secondary N) is 1. The maximum Gasteiger partial charge on any atom is 0.254 e. The van der Waals surface area contributed by atoms with E-state index in [1.165, 1.54) is 11.1 Å². The number of fused-ring (bicyclic) bond motifs is 1. The minimum atomic E-state index is 0.0632. The number of aryl methyl sites for hydroxylation is 2. The van der Waals surface area contributed by atoms with Gasteiger partial charge in [0.15, 0.2) is 0 Å². The van der Waals surface area contributed by atoms with E-state index in [0.717, 1.165) is 44.1 Å². The first-order valence-corrected chi connectivity index (χ1v) is 8.73. The SMILES string of the molecule is Cc1cc(NCC2(c3ccccc3C)CCOCC2)n2ncnc2n1. The fraction of sp³-hybridized carbons (Fsp3) is 0.421. The van der Waals surface area contributed by atoms with Crippen LogP contribution < -0.4 is 5.32 Å². The summed E-state index contributed by atoms with van der Waals surface area (Å²) in [6.45, 7) is 6.60. The highest BCUT2D eigenvalue weighted by Crippen LogP contribution is 2.36. The third-order valence-corrected chi connectivity index (χ3v) is 5.15. The maximum absolute atomic E-state index is 5.65. The summed E-state index contributed by atoms with van der Waals surface area (Å²) in [5.74, 6) is 1.55. The van der Waals surface area contributed by atoms with Gasteiger partial charge in [-0.2, -0.15) is 14.6 Å². The summed E-state index contributed by atoms with van der Waals surface area (Å²) in [5, 5.41) is 7.91. The second kappa shape index (κ2) is 6.44. The van der Waals surface area contributed by atoms with Gasteiger partial charge in [-0.15, -0.1) is 0 Å². The zero-order valence-corrected chi connectivity index (χ0v) is 14.7. The van der Waals surface area contributed by atoms with E-state index in [0.29, 0.717) is 5.78 Å². The summed E-state index contributed by atoms with van der Waals surface area (Å²) in [4.78, 5) is 8.62. The lowest BCUT2D eigenvalue weighted by molar-refractivity contribution is 0.0541. The topological polar surface area (TPSA) is 64.3 Å². The molecule has 130 valence electrons. The summed E-state index contributed by atoms with van der Waals surface area (Å²) in [7, 11) is 0. The number of nitrogens with zero attached hydrogens (tertiary/aromatic N) is 4. The Hall–Kier alpha value is -2.47. The Balaban J connectivity index is 1.68. The Morgan fingerprint density at radius 2 is 2.00 bits per heavy atom. The Bertz CT molecular complexity index is 882. The van der Waals surface area contributed by atoms with E-state index in [2.05, 4.69) is 51.6 Å². The number of benzene rings is 1. The van der Waals surface area contributed by atoms with E-state index in [1.54, 1.807) is 10.8 Å². The highest BCUT2D eigenvalue weighted by molar-refractivity contribution is 5.46. The third kappa shape index (κ3) is 2.98. The van der Waals surface area contributed by atoms with Crippen molar-refractivity contribution in [3.63, 3.8) is 0 Å². The molecule has 2 aromatic heterocycles. The van der Waals surface area contributed by atoms with Crippen molar-refractivity contribution in [2.75, 3.05) is 25.1 Å². The first-order chi connectivity index (χ1) is 12.2. The predicted molar refractivity (Wildman–Crippen MR) is 96.9 cm³/mol. The van der Waals surface area contributed by atoms with Gasteiger partial charge in [0.25, 0.3) is 5.78 Å². The van der Waals surface area contributed by atoms with Crippen LogP contribution in [0.5, 0.6) is 0 Å². The van der Waals surface area contributed by atoms with Crippen LogP contribution in [0.1, 0.15) is 29.7 Å². The highest BCUT2D eigenvalue weighted by Gasteiger charge is 2.35. The van der Waals surface area contributed by atoms with Crippen LogP contribution in [0.2, 0.25) is 0 Å². The van der Waals surface area contributed by atoms with Gasteiger partial charge in [0.05, 0.1) is 0 Å². The number of ether oxygens (including phenoxy) is 1. The molecule has 1 saturated heterocycles. The van der Waals surface area contributed by atoms with E-state index < -0.39 is 0 Å². The molecular weight excluding hydrogens is 314 g/mol. The van der Waals surface area contributed by atoms with Crippen LogP contribution in [0, 0.1) is 13.8 Å². The average molecular weight is 337 g/mol. The number of hydrogen-bond acceptors (Lipinski definition) is 5. The standard InChI is InChI=1S/C19H23N5O/c1-14-5-3-4-6-16(14)19(7-9-25-10-8-19)12-20-17-11-15(2)23-18-21-13-22-24(17)18/h3-6,11,13,20H,7-10,12H2,1-2H3. The number of hydrogen-bond donors (Lipinski definition) is 1. The van der Waals surface area contributed by atoms with Crippen molar-refractivity contribution in [2.45, 2.75) is 32.1 Å². The molecule has 25 heavy (non-hydrogen) atoms. The third-order valence-electron chi connectivity index (χ3n) is 5.15. The van der Waals surface area contributed by atoms with Crippen molar-refractivity contribution in [3.8, 4) is 0 Å². The molecule has 1 aromatic carbocycles. The van der Waals surface area contributed by atoms with Gasteiger partial charge in [-0.05, 0) is 37.8 Å². The fourth-order valence-corrected chi connectivity index (χ4v) is 3.79. The van der Waals surface area contributed by atoms with Crippen LogP contribution in [0.15, 0.2) is 36.7 Å². The van der Waals surface area contributed by atoms with E-state index in [1.807, 2.05) is 13.0 Å². The number of anilines is 1. The Morgan fingerprint density at radius 1 is 1.20 bits per heavy atom. The van der Waals surface area contributed by atoms with Crippen LogP contribution in [0.4, 0.5) is 5.82 Å². The molecule has 1 N–H and O–H groups in total. The summed E-state index contributed by atoms with van der Waals surface area (Å²) in [5.41, 5.74) is 3.74. The molecule has 4 rings (SSSR count). The van der Waals surface area contributed by atoms with Gasteiger partial charge in [-0.1, -0.05) is 24.3 Å². The van der Waals surface area contributed by atoms with Gasteiger partial charge in [0.2, 0.25) is 0 Å². The first-order valence-electron chi connectivity index (χ1n) is 8.73. The van der Waals surface area contributed by atoms with Crippen LogP contribution in [0.25, 0.3) is 5.78 Å². The lowest BCUT2D eigenvalue weighted by Crippen LogP contribution is -2.40. The molecule has 0 radical (unpaired) electrons. The molecule has 0 amide bonds. The van der Waals surface area contributed by atoms with Crippen molar-refractivity contribution < 1.29 is 4.74 Å². The van der Waals surface area contributed by atoms with Gasteiger partial charge in [0, 0.05) is 36.9 Å². The number of aromatic nitrogens is 4. The monoisotopic (exact) mass is 337 g/mol. The normalized spacial score (nSPS) is 16.9. The van der Waals surface area contributed by atoms with Gasteiger partial charge < -0.3 is 10.1 Å². The van der Waals surface area contributed by atoms with Crippen molar-refractivity contribution in [2.24, 2.45) is 0 Å². The second-order valence-electron chi connectivity index (χ2n) is 6.82. The van der Waals surface area contributed by atoms with Crippen molar-refractivity contribution in [1.29, 1.82) is 0 Å². The highest BCUT2D eigenvalue weighted by atomic mass is 16.5. The van der Waals surface area contributed by atoms with Gasteiger partial charge in [0.1, 0.15) is 12.1 Å². The molecule has 0 atom stereocenters. The lowest BCUT2D eigenvalue weighted by atomic mass is 9.72. The molecule has 0 bridgehead atoms. The van der Waals surface area contributed by atoms with Gasteiger partial charge in [-0.3, -0.25) is 0 Å². The van der Waals surface area contributed by atoms with E-state index in [4.69, 9.17) is 4.74 Å². The van der Waals surface area contributed by atoms with E-state index in [-0.39, 0.29) is 5.41 Å². The summed E-state index contributed by atoms with van der Waals surface area (Å²) in [6, 6.07) is 10.7. The molecule has 0 saturated carbocycles. The molecule has 0 spiro atoms. The summed E-state index contributed by atoms with van der Waals surface area (Å²) in [6.07, 6.45) is 3.56. The molecule has 3 heterocycles. The average Bonchev–Trinajstić information content (AvgIpc) is 3.09. The van der Waals surface area contributed by atoms with E-state index >= 15 is 0 Å². The quantitative estimate of drug-likeness (QED) is 0.793. The van der Waals surface area contributed by atoms with Crippen LogP contribution in [-0.4, -0.2) is 39.3 Å². The molecule has 6 heteroatoms. The van der Waals surface area contributed by atoms with Crippen molar-refractivity contribution in [1.82, 2.24) is 19.6 Å². The second-order valence-corrected chi connectivity index (χ2v) is 6.82. The van der Waals surface area contributed by atoms with Gasteiger partial charge >= 0.3 is 0 Å². The molecular formula is C19H23N5O. The van der Waals surface area contributed by atoms with Gasteiger partial charge in [-0.25, -0.2) is 4.98 Å². The molecule has 1 aliphatic heterocycles. The number of rotatable bonds is 4. The lowest BCUT2D eigenvalue weighted by Gasteiger charge is -2.39. The molecule has 6 nitrogen and oxygen atoms in total. The summed E-state index contributed by atoms with van der Waals surface area (Å²) >= 11 is 0. The fourth-order valence-electron chi connectivity index (χ4n) is 3.79. The minimum absolute atomic E-state index is 0.0632.